The second-order valence-corrected chi connectivity index (χ2v) is 6.23. The van der Waals surface area contributed by atoms with Crippen LogP contribution in [0, 0.1) is 6.92 Å². The smallest absolute Gasteiger partial charge is 0.410 e. The number of aromatic amines is 1. The minimum atomic E-state index is -0.496. The maximum Gasteiger partial charge on any atom is 0.410 e. The number of likely N-dealkylation sites (tertiary alicyclic amines) is 1. The van der Waals surface area contributed by atoms with Gasteiger partial charge in [-0.3, -0.25) is 4.79 Å². The highest BCUT2D eigenvalue weighted by molar-refractivity contribution is 5.69. The lowest BCUT2D eigenvalue weighted by molar-refractivity contribution is 0.0224. The first-order chi connectivity index (χ1) is 9.28. The van der Waals surface area contributed by atoms with Gasteiger partial charge in [-0.1, -0.05) is 0 Å². The van der Waals surface area contributed by atoms with Gasteiger partial charge >= 0.3 is 6.09 Å². The molecule has 1 aliphatic rings. The van der Waals surface area contributed by atoms with E-state index in [0.717, 1.165) is 24.1 Å². The molecular weight excluding hydrogens is 256 g/mol. The minimum absolute atomic E-state index is 0.0123. The molecule has 1 aromatic rings. The number of ether oxygens (including phenoxy) is 1. The molecule has 2 heterocycles. The number of aromatic nitrogens is 1. The number of hydrogen-bond acceptors (Lipinski definition) is 3. The monoisotopic (exact) mass is 278 g/mol. The van der Waals surface area contributed by atoms with Gasteiger partial charge in [0.1, 0.15) is 5.60 Å². The predicted molar refractivity (Wildman–Crippen MR) is 76.7 cm³/mol. The largest absolute Gasteiger partial charge is 0.444 e. The standard InChI is InChI=1S/C15H22N2O3/c1-10-11(7-8-13(18)16-10)12-6-5-9-17(12)14(19)20-15(2,3)4/h7-8,12H,5-6,9H2,1-4H3,(H,16,18)/t12-/m1/s1. The molecule has 1 N–H and O–H groups in total. The molecule has 1 fully saturated rings. The van der Waals surface area contributed by atoms with E-state index in [-0.39, 0.29) is 17.7 Å². The van der Waals surface area contributed by atoms with Gasteiger partial charge in [0.05, 0.1) is 6.04 Å². The van der Waals surface area contributed by atoms with Crippen LogP contribution >= 0.6 is 0 Å². The third-order valence-corrected chi connectivity index (χ3v) is 3.40. The summed E-state index contributed by atoms with van der Waals surface area (Å²) in [6.07, 6.45) is 1.56. The Bertz CT molecular complexity index is 557. The van der Waals surface area contributed by atoms with Gasteiger partial charge in [-0.2, -0.15) is 0 Å². The van der Waals surface area contributed by atoms with Gasteiger partial charge in [0.2, 0.25) is 5.56 Å². The summed E-state index contributed by atoms with van der Waals surface area (Å²) in [5.74, 6) is 0. The van der Waals surface area contributed by atoms with Gasteiger partial charge in [0.15, 0.2) is 0 Å². The van der Waals surface area contributed by atoms with Crippen molar-refractivity contribution in [3.8, 4) is 0 Å². The number of H-pyrrole nitrogens is 1. The molecule has 0 unspecified atom stereocenters. The highest BCUT2D eigenvalue weighted by Crippen LogP contribution is 2.33. The van der Waals surface area contributed by atoms with Gasteiger partial charge in [0.25, 0.3) is 0 Å². The Balaban J connectivity index is 2.23. The summed E-state index contributed by atoms with van der Waals surface area (Å²) in [6.45, 7) is 8.14. The molecule has 1 aromatic heterocycles. The molecule has 20 heavy (non-hydrogen) atoms. The van der Waals surface area contributed by atoms with E-state index >= 15 is 0 Å². The maximum absolute atomic E-state index is 12.3. The highest BCUT2D eigenvalue weighted by atomic mass is 16.6. The molecule has 1 amide bonds. The topological polar surface area (TPSA) is 62.4 Å². The van der Waals surface area contributed by atoms with Crippen molar-refractivity contribution >= 4 is 6.09 Å². The molecule has 0 aromatic carbocycles. The fourth-order valence-corrected chi connectivity index (χ4v) is 2.58. The van der Waals surface area contributed by atoms with Crippen LogP contribution in [0.15, 0.2) is 16.9 Å². The summed E-state index contributed by atoms with van der Waals surface area (Å²) >= 11 is 0. The maximum atomic E-state index is 12.3. The van der Waals surface area contributed by atoms with E-state index in [4.69, 9.17) is 4.74 Å². The predicted octanol–water partition coefficient (Wildman–Crippen LogP) is 2.76. The molecular formula is C15H22N2O3. The van der Waals surface area contributed by atoms with E-state index < -0.39 is 5.60 Å². The number of nitrogens with one attached hydrogen (secondary N) is 1. The van der Waals surface area contributed by atoms with Gasteiger partial charge in [-0.15, -0.1) is 0 Å². The summed E-state index contributed by atoms with van der Waals surface area (Å²) < 4.78 is 5.45. The molecule has 5 nitrogen and oxygen atoms in total. The van der Waals surface area contributed by atoms with Crippen LogP contribution in [0.5, 0.6) is 0 Å². The van der Waals surface area contributed by atoms with Crippen LogP contribution in [0.4, 0.5) is 4.79 Å². The molecule has 1 saturated heterocycles. The van der Waals surface area contributed by atoms with E-state index in [2.05, 4.69) is 4.98 Å². The quantitative estimate of drug-likeness (QED) is 0.859. The Morgan fingerprint density at radius 3 is 2.70 bits per heavy atom. The second-order valence-electron chi connectivity index (χ2n) is 6.23. The molecule has 0 bridgehead atoms. The highest BCUT2D eigenvalue weighted by Gasteiger charge is 2.33. The zero-order valence-corrected chi connectivity index (χ0v) is 12.5. The summed E-state index contributed by atoms with van der Waals surface area (Å²) in [5, 5.41) is 0. The third-order valence-electron chi connectivity index (χ3n) is 3.40. The van der Waals surface area contributed by atoms with E-state index in [1.165, 1.54) is 6.07 Å². The van der Waals surface area contributed by atoms with Crippen molar-refractivity contribution in [2.75, 3.05) is 6.54 Å². The van der Waals surface area contributed by atoms with Crippen molar-refractivity contribution in [2.45, 2.75) is 52.2 Å². The van der Waals surface area contributed by atoms with Crippen molar-refractivity contribution in [1.29, 1.82) is 0 Å². The molecule has 0 spiro atoms. The van der Waals surface area contributed by atoms with Crippen LogP contribution in [0.1, 0.15) is 50.9 Å². The number of hydrogen-bond donors (Lipinski definition) is 1. The first-order valence-corrected chi connectivity index (χ1v) is 6.97. The van der Waals surface area contributed by atoms with Gasteiger partial charge in [-0.05, 0) is 52.2 Å². The van der Waals surface area contributed by atoms with E-state index in [9.17, 15) is 9.59 Å². The molecule has 1 atom stereocenters. The Morgan fingerprint density at radius 1 is 1.40 bits per heavy atom. The average Bonchev–Trinajstić information content (AvgIpc) is 2.75. The lowest BCUT2D eigenvalue weighted by Gasteiger charge is -2.29. The van der Waals surface area contributed by atoms with Gasteiger partial charge in [-0.25, -0.2) is 4.79 Å². The Labute approximate surface area is 118 Å². The molecule has 0 radical (unpaired) electrons. The van der Waals surface area contributed by atoms with Crippen LogP contribution in [0.3, 0.4) is 0 Å². The number of amides is 1. The summed E-state index contributed by atoms with van der Waals surface area (Å²) in [7, 11) is 0. The second kappa shape index (κ2) is 5.31. The first-order valence-electron chi connectivity index (χ1n) is 6.97. The molecule has 110 valence electrons. The molecule has 5 heteroatoms. The van der Waals surface area contributed by atoms with E-state index in [0.29, 0.717) is 6.54 Å². The van der Waals surface area contributed by atoms with Crippen molar-refractivity contribution in [1.82, 2.24) is 9.88 Å². The number of rotatable bonds is 1. The van der Waals surface area contributed by atoms with Crippen LogP contribution in [-0.2, 0) is 4.74 Å². The van der Waals surface area contributed by atoms with Crippen LogP contribution < -0.4 is 5.56 Å². The number of pyridine rings is 1. The van der Waals surface area contributed by atoms with Crippen molar-refractivity contribution < 1.29 is 9.53 Å². The third kappa shape index (κ3) is 3.21. The fraction of sp³-hybridized carbons (Fsp3) is 0.600. The van der Waals surface area contributed by atoms with Crippen LogP contribution in [0.25, 0.3) is 0 Å². The first kappa shape index (κ1) is 14.6. The van der Waals surface area contributed by atoms with Crippen LogP contribution in [-0.4, -0.2) is 28.1 Å². The Hall–Kier alpha value is -1.78. The Morgan fingerprint density at radius 2 is 2.10 bits per heavy atom. The molecule has 2 rings (SSSR count). The van der Waals surface area contributed by atoms with Crippen LogP contribution in [0.2, 0.25) is 0 Å². The number of aryl methyl sites for hydroxylation is 1. The Kier molecular flexibility index (Phi) is 3.88. The number of nitrogens with zero attached hydrogens (tertiary/aromatic N) is 1. The number of carbonyl (C=O) groups is 1. The van der Waals surface area contributed by atoms with Gasteiger partial charge in [0, 0.05) is 18.3 Å². The van der Waals surface area contributed by atoms with Crippen molar-refractivity contribution in [3.05, 3.63) is 33.7 Å². The summed E-state index contributed by atoms with van der Waals surface area (Å²) in [4.78, 5) is 28.1. The van der Waals surface area contributed by atoms with Gasteiger partial charge < -0.3 is 14.6 Å². The lowest BCUT2D eigenvalue weighted by Crippen LogP contribution is -2.36. The summed E-state index contributed by atoms with van der Waals surface area (Å²) in [6, 6.07) is 3.30. The van der Waals surface area contributed by atoms with Crippen molar-refractivity contribution in [2.24, 2.45) is 0 Å². The molecule has 0 saturated carbocycles. The minimum Gasteiger partial charge on any atom is -0.444 e. The number of carbonyl (C=O) groups excluding carboxylic acids is 1. The normalized spacial score (nSPS) is 19.2. The van der Waals surface area contributed by atoms with Crippen molar-refractivity contribution in [3.63, 3.8) is 0 Å². The molecule has 0 aliphatic carbocycles. The SMILES string of the molecule is Cc1[nH]c(=O)ccc1[C@H]1CCCN1C(=O)OC(C)(C)C. The zero-order chi connectivity index (χ0) is 14.9. The lowest BCUT2D eigenvalue weighted by atomic mass is 10.0. The molecule has 1 aliphatic heterocycles. The fourth-order valence-electron chi connectivity index (χ4n) is 2.58. The average molecular weight is 278 g/mol. The van der Waals surface area contributed by atoms with E-state index in [1.807, 2.05) is 33.8 Å². The summed E-state index contributed by atoms with van der Waals surface area (Å²) in [5.41, 5.74) is 1.20. The zero-order valence-electron chi connectivity index (χ0n) is 12.5. The van der Waals surface area contributed by atoms with E-state index in [1.54, 1.807) is 4.90 Å².